The van der Waals surface area contributed by atoms with Crippen molar-refractivity contribution in [3.63, 3.8) is 0 Å². The first-order valence-electron chi connectivity index (χ1n) is 1.41. The molecule has 0 radical (unpaired) electrons. The van der Waals surface area contributed by atoms with Crippen molar-refractivity contribution in [2.45, 2.75) is 6.92 Å². The van der Waals surface area contributed by atoms with Gasteiger partial charge in [0.1, 0.15) is 0 Å². The van der Waals surface area contributed by atoms with Crippen LogP contribution in [0.1, 0.15) is 6.92 Å². The lowest BCUT2D eigenvalue weighted by molar-refractivity contribution is -1.63. The molecule has 50 valence electrons. The first-order valence-corrected chi connectivity index (χ1v) is 4.13. The number of hydrogen-bond donors (Lipinski definition) is 2. The highest BCUT2D eigenvalue weighted by Crippen LogP contribution is 1.42. The monoisotopic (exact) mass is 236 g/mol. The fourth-order valence-electron chi connectivity index (χ4n) is 0. The van der Waals surface area contributed by atoms with Crippen LogP contribution in [0, 0.1) is 0 Å². The van der Waals surface area contributed by atoms with E-state index in [2.05, 4.69) is 0 Å². The van der Waals surface area contributed by atoms with Gasteiger partial charge in [-0.25, -0.2) is 0 Å². The van der Waals surface area contributed by atoms with Crippen molar-refractivity contribution in [2.75, 3.05) is 0 Å². The minimum absolute atomic E-state index is 0.833. The van der Waals surface area contributed by atoms with Crippen LogP contribution in [-0.2, 0) is 4.79 Å². The van der Waals surface area contributed by atoms with Crippen molar-refractivity contribution in [3.05, 3.63) is 0 Å². The van der Waals surface area contributed by atoms with Gasteiger partial charge in [-0.2, -0.15) is 0 Å². The fraction of sp³-hybridized carbons (Fsp3) is 0.500. The van der Waals surface area contributed by atoms with E-state index < -0.39 is 27.0 Å². The van der Waals surface area contributed by atoms with Crippen molar-refractivity contribution in [1.29, 1.82) is 0 Å². The largest absolute Gasteiger partial charge is 0.503 e. The van der Waals surface area contributed by atoms with Gasteiger partial charge in [-0.05, 0) is 3.44 Å². The molecule has 0 aromatic carbocycles. The number of carboxylic acids is 1. The normalized spacial score (nSPS) is 7.62. The topological polar surface area (TPSA) is 104 Å². The van der Waals surface area contributed by atoms with E-state index in [1.165, 1.54) is 0 Å². The van der Waals surface area contributed by atoms with Gasteiger partial charge in [0.2, 0.25) is 0 Å². The molecule has 0 aliphatic heterocycles. The molecule has 6 heteroatoms. The Balaban J connectivity index is 0. The molecule has 0 spiro atoms. The molecule has 0 aromatic rings. The fourth-order valence-corrected chi connectivity index (χ4v) is 0. The Hall–Kier alpha value is 0.0800. The first-order chi connectivity index (χ1) is 3.46. The molecule has 0 bridgehead atoms. The van der Waals surface area contributed by atoms with Gasteiger partial charge < -0.3 is 12.0 Å². The summed E-state index contributed by atoms with van der Waals surface area (Å²) in [6.07, 6.45) is 0. The van der Waals surface area contributed by atoms with Crippen LogP contribution in [0.4, 0.5) is 0 Å². The van der Waals surface area contributed by atoms with Crippen LogP contribution >= 0.6 is 0 Å². The molecule has 0 aromatic heterocycles. The molecule has 0 saturated heterocycles. The molecule has 0 unspecified atom stereocenters. The van der Waals surface area contributed by atoms with Crippen molar-refractivity contribution >= 4 is 5.97 Å². The highest BCUT2D eigenvalue weighted by Gasteiger charge is 1.89. The van der Waals surface area contributed by atoms with Crippen LogP contribution in [0.25, 0.3) is 0 Å². The zero-order chi connectivity index (χ0) is 7.15. The van der Waals surface area contributed by atoms with E-state index in [1.807, 2.05) is 0 Å². The first kappa shape index (κ1) is 11.0. The summed E-state index contributed by atoms with van der Waals surface area (Å²) >= 11 is -3.76. The molecule has 0 amide bonds. The molecular formula is C2H5IO5. The summed E-state index contributed by atoms with van der Waals surface area (Å²) in [5.74, 6) is -0.833. The molecule has 8 heavy (non-hydrogen) atoms. The second-order valence-electron chi connectivity index (χ2n) is 0.720. The van der Waals surface area contributed by atoms with E-state index in [4.69, 9.17) is 20.2 Å². The van der Waals surface area contributed by atoms with Gasteiger partial charge in [-0.1, -0.05) is 0 Å². The Morgan fingerprint density at radius 2 is 1.62 bits per heavy atom. The van der Waals surface area contributed by atoms with E-state index in [9.17, 15) is 0 Å². The van der Waals surface area contributed by atoms with Crippen molar-refractivity contribution in [2.24, 2.45) is 0 Å². The molecule has 0 heterocycles. The molecule has 2 N–H and O–H groups in total. The molecule has 0 aliphatic rings. The van der Waals surface area contributed by atoms with E-state index >= 15 is 0 Å². The predicted octanol–water partition coefficient (Wildman–Crippen LogP) is -5.84. The summed E-state index contributed by atoms with van der Waals surface area (Å²) in [6.45, 7) is 1.08. The maximum atomic E-state index is 9.00. The number of hydrogen-bond acceptors (Lipinski definition) is 4. The van der Waals surface area contributed by atoms with Crippen LogP contribution < -0.4 is 27.9 Å². The Morgan fingerprint density at radius 1 is 1.62 bits per heavy atom. The third-order valence-electron chi connectivity index (χ3n) is 0. The quantitative estimate of drug-likeness (QED) is 0.407. The van der Waals surface area contributed by atoms with E-state index in [0.29, 0.717) is 0 Å². The number of carbonyl (C=O) groups is 1. The minimum atomic E-state index is -3.76. The average molecular weight is 236 g/mol. The molecule has 0 atom stereocenters. The smallest absolute Gasteiger partial charge is 0.481 e. The van der Waals surface area contributed by atoms with Crippen molar-refractivity contribution in [3.8, 4) is 0 Å². The van der Waals surface area contributed by atoms with Crippen molar-refractivity contribution in [1.82, 2.24) is 0 Å². The lowest BCUT2D eigenvalue weighted by Crippen LogP contribution is -3.98. The summed E-state index contributed by atoms with van der Waals surface area (Å²) in [4.78, 5) is 9.00. The molecule has 0 fully saturated rings. The van der Waals surface area contributed by atoms with Gasteiger partial charge in [-0.15, -0.1) is 0 Å². The molecule has 0 rings (SSSR count). The maximum absolute atomic E-state index is 9.00. The van der Waals surface area contributed by atoms with Crippen LogP contribution in [-0.4, -0.2) is 14.5 Å². The summed E-state index contributed by atoms with van der Waals surface area (Å²) in [7, 11) is 0. The molecular weight excluding hydrogens is 231 g/mol. The number of carboxylic acid groups (broad SMARTS) is 1. The minimum Gasteiger partial charge on any atom is -0.481 e. The third kappa shape index (κ3) is 24500. The number of rotatable bonds is 0. The number of halogens is 1. The highest BCUT2D eigenvalue weighted by atomic mass is 127. The van der Waals surface area contributed by atoms with E-state index in [1.54, 1.807) is 0 Å². The Morgan fingerprint density at radius 3 is 1.62 bits per heavy atom. The van der Waals surface area contributed by atoms with Crippen molar-refractivity contribution < 1.29 is 41.3 Å². The number of aliphatic carboxylic acids is 1. The SMILES string of the molecule is CC(=O)O.[O-][I+2]([O-])O. The summed E-state index contributed by atoms with van der Waals surface area (Å²) < 4.78 is 24.5. The molecule has 5 nitrogen and oxygen atoms in total. The summed E-state index contributed by atoms with van der Waals surface area (Å²) in [5, 5.41) is 7.42. The Kier molecular flexibility index (Phi) is 9.70. The van der Waals surface area contributed by atoms with Gasteiger partial charge in [0, 0.05) is 6.92 Å². The van der Waals surface area contributed by atoms with Crippen LogP contribution in [0.2, 0.25) is 0 Å². The Labute approximate surface area is 54.6 Å². The van der Waals surface area contributed by atoms with Crippen LogP contribution in [0.15, 0.2) is 0 Å². The second kappa shape index (κ2) is 7.08. The standard InChI is InChI=1S/C2H4O2.HIO3/c1-2(3)4;2-1(3)4/h1H3,(H,3,4);2H. The highest BCUT2D eigenvalue weighted by molar-refractivity contribution is 5.62. The van der Waals surface area contributed by atoms with Crippen LogP contribution in [0.5, 0.6) is 0 Å². The molecule has 0 saturated carbocycles. The Bertz CT molecular complexity index is 54.7. The van der Waals surface area contributed by atoms with Gasteiger partial charge in [-0.3, -0.25) is 4.79 Å². The van der Waals surface area contributed by atoms with Gasteiger partial charge >= 0.3 is 21.1 Å². The second-order valence-corrected chi connectivity index (χ2v) is 1.87. The van der Waals surface area contributed by atoms with Gasteiger partial charge in [0.25, 0.3) is 5.97 Å². The average Bonchev–Trinajstić information content (AvgIpc) is 1.25. The summed E-state index contributed by atoms with van der Waals surface area (Å²) in [6, 6.07) is 0. The lowest BCUT2D eigenvalue weighted by atomic mass is 10.9. The van der Waals surface area contributed by atoms with Gasteiger partial charge in [0.15, 0.2) is 0 Å². The predicted molar refractivity (Wildman–Crippen MR) is 15.5 cm³/mol. The zero-order valence-corrected chi connectivity index (χ0v) is 6.15. The van der Waals surface area contributed by atoms with E-state index in [-0.39, 0.29) is 0 Å². The maximum Gasteiger partial charge on any atom is 0.503 e. The summed E-state index contributed by atoms with van der Waals surface area (Å²) in [5.41, 5.74) is 0. The molecule has 0 aliphatic carbocycles. The van der Waals surface area contributed by atoms with Crippen LogP contribution in [0.3, 0.4) is 0 Å². The zero-order valence-electron chi connectivity index (χ0n) is 4.00. The van der Waals surface area contributed by atoms with E-state index in [0.717, 1.165) is 6.92 Å². The third-order valence-corrected chi connectivity index (χ3v) is 0. The lowest BCUT2D eigenvalue weighted by Gasteiger charge is -1.67. The van der Waals surface area contributed by atoms with Gasteiger partial charge in [0.05, 0.1) is 0 Å².